The zero-order valence-electron chi connectivity index (χ0n) is 11.2. The molecular formula is C11H22N2O5S. The molecule has 3 N–H and O–H groups in total. The first kappa shape index (κ1) is 16.4. The van der Waals surface area contributed by atoms with Crippen molar-refractivity contribution in [1.82, 2.24) is 9.03 Å². The molecule has 0 aromatic heterocycles. The molecule has 1 saturated heterocycles. The Hall–Kier alpha value is -0.700. The third-order valence-corrected chi connectivity index (χ3v) is 5.09. The number of rotatable bonds is 6. The van der Waals surface area contributed by atoms with E-state index in [-0.39, 0.29) is 25.6 Å². The average molecular weight is 294 g/mol. The number of aliphatic carboxylic acids is 1. The number of aliphatic hydroxyl groups is 1. The van der Waals surface area contributed by atoms with Crippen LogP contribution < -0.4 is 4.72 Å². The van der Waals surface area contributed by atoms with Crippen molar-refractivity contribution in [2.24, 2.45) is 11.8 Å². The number of carboxylic acid groups (broad SMARTS) is 1. The molecule has 0 aliphatic carbocycles. The summed E-state index contributed by atoms with van der Waals surface area (Å²) in [4.78, 5) is 10.8. The molecule has 0 aromatic carbocycles. The standard InChI is InChI=1S/C11H22N2O5S/c1-8(2)10(7-14)12-19(17,18)13-5-3-9(4-6-13)11(15)16/h8-10,12,14H,3-7H2,1-2H3,(H,15,16). The number of carboxylic acids is 1. The average Bonchev–Trinajstić information content (AvgIpc) is 2.35. The lowest BCUT2D eigenvalue weighted by Crippen LogP contribution is -2.51. The Kier molecular flexibility index (Phi) is 5.72. The Morgan fingerprint density at radius 2 is 1.89 bits per heavy atom. The van der Waals surface area contributed by atoms with Gasteiger partial charge >= 0.3 is 5.97 Å². The van der Waals surface area contributed by atoms with Gasteiger partial charge in [-0.3, -0.25) is 4.79 Å². The van der Waals surface area contributed by atoms with Gasteiger partial charge in [0.25, 0.3) is 10.2 Å². The van der Waals surface area contributed by atoms with Crippen LogP contribution >= 0.6 is 0 Å². The lowest BCUT2D eigenvalue weighted by atomic mass is 9.99. The molecule has 7 nitrogen and oxygen atoms in total. The first-order valence-corrected chi connectivity index (χ1v) is 7.83. The molecule has 1 atom stereocenters. The Balaban J connectivity index is 2.62. The smallest absolute Gasteiger partial charge is 0.306 e. The number of piperidine rings is 1. The molecule has 1 aliphatic rings. The number of hydrogen-bond acceptors (Lipinski definition) is 4. The van der Waals surface area contributed by atoms with E-state index >= 15 is 0 Å². The molecule has 112 valence electrons. The fourth-order valence-corrected chi connectivity index (χ4v) is 3.56. The highest BCUT2D eigenvalue weighted by Gasteiger charge is 2.32. The van der Waals surface area contributed by atoms with Crippen molar-refractivity contribution in [3.63, 3.8) is 0 Å². The van der Waals surface area contributed by atoms with E-state index in [1.54, 1.807) is 0 Å². The molecule has 8 heteroatoms. The molecule has 1 aliphatic heterocycles. The quantitative estimate of drug-likeness (QED) is 0.620. The maximum absolute atomic E-state index is 12.1. The van der Waals surface area contributed by atoms with Crippen LogP contribution in [0, 0.1) is 11.8 Å². The molecule has 0 saturated carbocycles. The van der Waals surface area contributed by atoms with Gasteiger partial charge in [0.05, 0.1) is 12.5 Å². The normalized spacial score (nSPS) is 20.6. The van der Waals surface area contributed by atoms with E-state index < -0.39 is 28.1 Å². The Morgan fingerprint density at radius 1 is 1.37 bits per heavy atom. The van der Waals surface area contributed by atoms with Crippen LogP contribution in [0.5, 0.6) is 0 Å². The molecule has 1 rings (SSSR count). The van der Waals surface area contributed by atoms with Crippen molar-refractivity contribution in [2.45, 2.75) is 32.7 Å². The minimum Gasteiger partial charge on any atom is -0.481 e. The van der Waals surface area contributed by atoms with Crippen LogP contribution in [0.25, 0.3) is 0 Å². The summed E-state index contributed by atoms with van der Waals surface area (Å²) >= 11 is 0. The third kappa shape index (κ3) is 4.41. The summed E-state index contributed by atoms with van der Waals surface area (Å²) in [5, 5.41) is 18.0. The number of carbonyl (C=O) groups is 1. The molecule has 0 spiro atoms. The van der Waals surface area contributed by atoms with Gasteiger partial charge in [0.2, 0.25) is 0 Å². The van der Waals surface area contributed by atoms with E-state index in [4.69, 9.17) is 10.2 Å². The van der Waals surface area contributed by atoms with Crippen molar-refractivity contribution in [3.05, 3.63) is 0 Å². The summed E-state index contributed by atoms with van der Waals surface area (Å²) in [7, 11) is -3.66. The topological polar surface area (TPSA) is 107 Å². The lowest BCUT2D eigenvalue weighted by Gasteiger charge is -2.31. The predicted octanol–water partition coefficient (Wildman–Crippen LogP) is -0.366. The first-order chi connectivity index (χ1) is 8.77. The van der Waals surface area contributed by atoms with Gasteiger partial charge in [-0.25, -0.2) is 0 Å². The maximum Gasteiger partial charge on any atom is 0.306 e. The Morgan fingerprint density at radius 3 is 2.26 bits per heavy atom. The molecule has 1 fully saturated rings. The number of aliphatic hydroxyl groups excluding tert-OH is 1. The maximum atomic E-state index is 12.1. The fourth-order valence-electron chi connectivity index (χ4n) is 1.99. The van der Waals surface area contributed by atoms with Crippen molar-refractivity contribution in [3.8, 4) is 0 Å². The summed E-state index contributed by atoms with van der Waals surface area (Å²) in [6.07, 6.45) is 0.642. The van der Waals surface area contributed by atoms with E-state index in [0.717, 1.165) is 0 Å². The van der Waals surface area contributed by atoms with Gasteiger partial charge in [0.1, 0.15) is 0 Å². The zero-order chi connectivity index (χ0) is 14.6. The highest BCUT2D eigenvalue weighted by molar-refractivity contribution is 7.87. The van der Waals surface area contributed by atoms with Gasteiger partial charge in [0, 0.05) is 19.1 Å². The number of nitrogens with zero attached hydrogens (tertiary/aromatic N) is 1. The van der Waals surface area contributed by atoms with Crippen LogP contribution in [0.3, 0.4) is 0 Å². The van der Waals surface area contributed by atoms with Crippen molar-refractivity contribution in [1.29, 1.82) is 0 Å². The highest BCUT2D eigenvalue weighted by atomic mass is 32.2. The van der Waals surface area contributed by atoms with Gasteiger partial charge in [-0.15, -0.1) is 0 Å². The van der Waals surface area contributed by atoms with Crippen LogP contribution in [-0.2, 0) is 15.0 Å². The highest BCUT2D eigenvalue weighted by Crippen LogP contribution is 2.19. The minimum atomic E-state index is -3.66. The van der Waals surface area contributed by atoms with Crippen LogP contribution in [0.4, 0.5) is 0 Å². The van der Waals surface area contributed by atoms with Gasteiger partial charge in [-0.1, -0.05) is 13.8 Å². The van der Waals surface area contributed by atoms with Gasteiger partial charge in [0.15, 0.2) is 0 Å². The Bertz CT molecular complexity index is 401. The van der Waals surface area contributed by atoms with E-state index in [2.05, 4.69) is 4.72 Å². The van der Waals surface area contributed by atoms with Gasteiger partial charge in [-0.2, -0.15) is 17.4 Å². The van der Waals surface area contributed by atoms with Crippen molar-refractivity contribution in [2.75, 3.05) is 19.7 Å². The monoisotopic (exact) mass is 294 g/mol. The van der Waals surface area contributed by atoms with Crippen molar-refractivity contribution < 1.29 is 23.4 Å². The second kappa shape index (κ2) is 6.65. The van der Waals surface area contributed by atoms with E-state index in [1.807, 2.05) is 13.8 Å². The van der Waals surface area contributed by atoms with E-state index in [9.17, 15) is 13.2 Å². The molecule has 0 radical (unpaired) electrons. The molecule has 1 heterocycles. The molecule has 0 amide bonds. The molecule has 1 unspecified atom stereocenters. The molecular weight excluding hydrogens is 272 g/mol. The Labute approximate surface area is 113 Å². The summed E-state index contributed by atoms with van der Waals surface area (Å²) in [6, 6.07) is -0.526. The number of hydrogen-bond donors (Lipinski definition) is 3. The van der Waals surface area contributed by atoms with Crippen LogP contribution in [0.15, 0.2) is 0 Å². The summed E-state index contributed by atoms with van der Waals surface area (Å²) in [6.45, 7) is 3.77. The van der Waals surface area contributed by atoms with E-state index in [0.29, 0.717) is 12.8 Å². The van der Waals surface area contributed by atoms with Crippen LogP contribution in [-0.4, -0.2) is 54.6 Å². The van der Waals surface area contributed by atoms with Gasteiger partial charge < -0.3 is 10.2 Å². The van der Waals surface area contributed by atoms with Crippen LogP contribution in [0.1, 0.15) is 26.7 Å². The van der Waals surface area contributed by atoms with Crippen LogP contribution in [0.2, 0.25) is 0 Å². The summed E-state index contributed by atoms with van der Waals surface area (Å²) in [5.41, 5.74) is 0. The molecule has 19 heavy (non-hydrogen) atoms. The first-order valence-electron chi connectivity index (χ1n) is 6.39. The molecule has 0 aromatic rings. The second-order valence-electron chi connectivity index (χ2n) is 5.17. The second-order valence-corrected chi connectivity index (χ2v) is 6.87. The SMILES string of the molecule is CC(C)C(CO)NS(=O)(=O)N1CCC(C(=O)O)CC1. The van der Waals surface area contributed by atoms with Gasteiger partial charge in [-0.05, 0) is 18.8 Å². The van der Waals surface area contributed by atoms with E-state index in [1.165, 1.54) is 4.31 Å². The lowest BCUT2D eigenvalue weighted by molar-refractivity contribution is -0.142. The predicted molar refractivity (Wildman–Crippen MR) is 69.7 cm³/mol. The fraction of sp³-hybridized carbons (Fsp3) is 0.909. The third-order valence-electron chi connectivity index (χ3n) is 3.44. The number of nitrogens with one attached hydrogen (secondary N) is 1. The van der Waals surface area contributed by atoms with Crippen molar-refractivity contribution >= 4 is 16.2 Å². The zero-order valence-corrected chi connectivity index (χ0v) is 12.1. The summed E-state index contributed by atoms with van der Waals surface area (Å²) in [5.74, 6) is -1.36. The molecule has 0 bridgehead atoms. The summed E-state index contributed by atoms with van der Waals surface area (Å²) < 4.78 is 27.9. The minimum absolute atomic E-state index is 0.0173. The largest absolute Gasteiger partial charge is 0.481 e.